The lowest BCUT2D eigenvalue weighted by molar-refractivity contribution is 0.347. The van der Waals surface area contributed by atoms with Crippen molar-refractivity contribution in [1.29, 1.82) is 0 Å². The molecule has 0 fully saturated rings. The molecule has 19 heteroatoms. The monoisotopic (exact) mass is 891 g/mol. The predicted molar refractivity (Wildman–Crippen MR) is 244 cm³/mol. The lowest BCUT2D eigenvalue weighted by Gasteiger charge is -2.14. The van der Waals surface area contributed by atoms with Crippen LogP contribution in [-0.2, 0) is 6.54 Å². The fourth-order valence-electron chi connectivity index (χ4n) is 7.66. The first-order valence-corrected chi connectivity index (χ1v) is 19.8. The van der Waals surface area contributed by atoms with E-state index in [0.29, 0.717) is 16.9 Å². The van der Waals surface area contributed by atoms with Crippen LogP contribution >= 0.6 is 11.3 Å². The third kappa shape index (κ3) is 6.20. The van der Waals surface area contributed by atoms with Crippen LogP contribution in [-0.4, -0.2) is 92.6 Å². The Morgan fingerprint density at radius 1 is 0.477 bits per heavy atom. The third-order valence-electron chi connectivity index (χ3n) is 10.9. The van der Waals surface area contributed by atoms with Gasteiger partial charge in [-0.05, 0) is 46.1 Å². The van der Waals surface area contributed by atoms with Crippen LogP contribution in [0.5, 0.6) is 74.7 Å². The van der Waals surface area contributed by atoms with Crippen molar-refractivity contribution >= 4 is 85.1 Å². The average Bonchev–Trinajstić information content (AvgIpc) is 3.92. The number of hydrogen-bond acceptors (Lipinski definition) is 16. The normalized spacial score (nSPS) is 12.2. The second-order valence-electron chi connectivity index (χ2n) is 14.6. The van der Waals surface area contributed by atoms with E-state index in [1.54, 1.807) is 12.1 Å². The van der Waals surface area contributed by atoms with Gasteiger partial charge in [-0.15, -0.1) is 11.3 Å². The van der Waals surface area contributed by atoms with Crippen LogP contribution in [0.3, 0.4) is 0 Å². The molecule has 13 N–H and O–H groups in total. The Bertz CT molecular complexity index is 3590. The van der Waals surface area contributed by atoms with Gasteiger partial charge in [0.05, 0.1) is 37.8 Å². The summed E-state index contributed by atoms with van der Waals surface area (Å²) in [6, 6.07) is 24.9. The Hall–Kier alpha value is -8.97. The highest BCUT2D eigenvalue weighted by Crippen LogP contribution is 2.58. The number of phenols is 13. The summed E-state index contributed by atoms with van der Waals surface area (Å²) < 4.78 is 5.11. The smallest absolute Gasteiger partial charge is 0.208 e. The molecular weight excluding hydrogens is 861 g/mol. The van der Waals surface area contributed by atoms with Crippen molar-refractivity contribution in [2.24, 2.45) is 15.0 Å². The van der Waals surface area contributed by atoms with E-state index in [2.05, 4.69) is 21.7 Å². The molecule has 0 saturated heterocycles. The number of benzene rings is 7. The maximum Gasteiger partial charge on any atom is 0.208 e. The van der Waals surface area contributed by atoms with Crippen molar-refractivity contribution in [2.75, 3.05) is 0 Å². The molecule has 0 spiro atoms. The molecule has 0 unspecified atom stereocenters. The molecule has 9 rings (SSSR count). The first-order valence-electron chi connectivity index (χ1n) is 18.9. The number of aliphatic imine (C=N–C) groups is 3. The van der Waals surface area contributed by atoms with Gasteiger partial charge in [-0.3, -0.25) is 4.99 Å². The number of amidine groups is 2. The first kappa shape index (κ1) is 41.4. The quantitative estimate of drug-likeness (QED) is 0.0255. The van der Waals surface area contributed by atoms with Gasteiger partial charge in [-0.1, -0.05) is 72.8 Å². The Labute approximate surface area is 368 Å². The van der Waals surface area contributed by atoms with E-state index in [-0.39, 0.29) is 26.7 Å². The number of aromatic hydroxyl groups is 13. The van der Waals surface area contributed by atoms with E-state index < -0.39 is 125 Å². The molecule has 2 heterocycles. The molecule has 0 bridgehead atoms. The molecule has 9 aromatic rings. The summed E-state index contributed by atoms with van der Waals surface area (Å²) in [7, 11) is 6.28. The molecule has 322 valence electrons. The van der Waals surface area contributed by atoms with Crippen LogP contribution in [0, 0.1) is 0 Å². The Balaban J connectivity index is 1.29. The van der Waals surface area contributed by atoms with E-state index in [1.165, 1.54) is 0 Å². The topological polar surface area (TPSA) is 313 Å². The van der Waals surface area contributed by atoms with Gasteiger partial charge in [0.2, 0.25) is 40.2 Å². The van der Waals surface area contributed by atoms with Crippen molar-refractivity contribution < 1.29 is 70.8 Å². The molecular formula is C46H30BN3O14S. The van der Waals surface area contributed by atoms with Gasteiger partial charge in [-0.2, -0.15) is 0 Å². The number of thiophene rings is 1. The van der Waals surface area contributed by atoms with Gasteiger partial charge in [0, 0.05) is 10.8 Å². The predicted octanol–water partition coefficient (Wildman–Crippen LogP) is 7.35. The second-order valence-corrected chi connectivity index (χ2v) is 15.6. The van der Waals surface area contributed by atoms with E-state index in [1.807, 2.05) is 66.7 Å². The zero-order chi connectivity index (χ0) is 46.3. The largest absolute Gasteiger partial charge is 0.505 e. The number of phenolic OH excluding ortho intramolecular Hbond substituents is 13. The Morgan fingerprint density at radius 3 is 1.63 bits per heavy atom. The molecule has 2 radical (unpaired) electrons. The van der Waals surface area contributed by atoms with E-state index in [9.17, 15) is 66.4 Å². The van der Waals surface area contributed by atoms with Crippen molar-refractivity contribution in [3.8, 4) is 97.0 Å². The molecule has 65 heavy (non-hydrogen) atoms. The van der Waals surface area contributed by atoms with Crippen LogP contribution in [0.4, 0.5) is 0 Å². The number of fused-ring (bicyclic) bond motifs is 6. The summed E-state index contributed by atoms with van der Waals surface area (Å²) in [6.45, 7) is 3.27. The summed E-state index contributed by atoms with van der Waals surface area (Å²) in [5.74, 6) is -15.5. The lowest BCUT2D eigenvalue weighted by atomic mass is 9.87. The SMILES string of the molecule is [B]c1c(O)c(O)c(C(=NCc2ccc(-c3cccc(-c4ccccc4)c3)cc2)N=C(N=C)c2c(O)c(O)c(O)c3oc4c(O)c(O)c(O)c(O)c4c23)c2sc3c(O)c(O)c(O)c(O)c3c12. The Kier molecular flexibility index (Phi) is 9.64. The van der Waals surface area contributed by atoms with Crippen LogP contribution < -0.4 is 5.46 Å². The highest BCUT2D eigenvalue weighted by Gasteiger charge is 2.34. The van der Waals surface area contributed by atoms with Gasteiger partial charge in [0.25, 0.3) is 0 Å². The summed E-state index contributed by atoms with van der Waals surface area (Å²) >= 11 is 0.610. The van der Waals surface area contributed by atoms with Crippen LogP contribution in [0.2, 0.25) is 0 Å². The minimum atomic E-state index is -1.24. The average molecular weight is 892 g/mol. The van der Waals surface area contributed by atoms with Crippen LogP contribution in [0.15, 0.2) is 98.3 Å². The highest BCUT2D eigenvalue weighted by atomic mass is 32.1. The van der Waals surface area contributed by atoms with Crippen molar-refractivity contribution in [3.05, 3.63) is 95.6 Å². The number of furan rings is 1. The van der Waals surface area contributed by atoms with E-state index in [4.69, 9.17) is 12.3 Å². The molecule has 0 aliphatic carbocycles. The molecule has 0 amide bonds. The molecule has 0 aliphatic rings. The fraction of sp³-hybridized carbons (Fsp3) is 0.0217. The number of rotatable bonds is 6. The summed E-state index contributed by atoms with van der Waals surface area (Å²) in [6.07, 6.45) is 0. The zero-order valence-electron chi connectivity index (χ0n) is 33.0. The van der Waals surface area contributed by atoms with Gasteiger partial charge in [0.1, 0.15) is 7.85 Å². The number of nitrogens with zero attached hydrogens (tertiary/aromatic N) is 3. The van der Waals surface area contributed by atoms with Gasteiger partial charge in [-0.25, -0.2) is 9.98 Å². The summed E-state index contributed by atoms with van der Waals surface area (Å²) in [5, 5.41) is 140. The fourth-order valence-corrected chi connectivity index (χ4v) is 8.96. The van der Waals surface area contributed by atoms with Crippen LogP contribution in [0.25, 0.3) is 64.4 Å². The second kappa shape index (κ2) is 15.1. The molecule has 2 aromatic heterocycles. The maximum absolute atomic E-state index is 11.7. The molecule has 0 atom stereocenters. The summed E-state index contributed by atoms with van der Waals surface area (Å²) in [5.41, 5.74) is 1.17. The minimum Gasteiger partial charge on any atom is -0.505 e. The highest BCUT2D eigenvalue weighted by molar-refractivity contribution is 7.27. The molecule has 7 aromatic carbocycles. The molecule has 0 saturated carbocycles. The molecule has 0 aliphatic heterocycles. The minimum absolute atomic E-state index is 0.150. The van der Waals surface area contributed by atoms with Crippen LogP contribution in [0.1, 0.15) is 16.7 Å². The van der Waals surface area contributed by atoms with Crippen molar-refractivity contribution in [2.45, 2.75) is 6.54 Å². The van der Waals surface area contributed by atoms with E-state index in [0.717, 1.165) is 22.3 Å². The van der Waals surface area contributed by atoms with Gasteiger partial charge in [0.15, 0.2) is 57.3 Å². The Morgan fingerprint density at radius 2 is 1.00 bits per heavy atom. The van der Waals surface area contributed by atoms with Gasteiger partial charge < -0.3 is 70.8 Å². The number of hydrogen-bond donors (Lipinski definition) is 13. The van der Waals surface area contributed by atoms with Crippen molar-refractivity contribution in [1.82, 2.24) is 0 Å². The standard InChI is InChI=1S/C46H30BN3O14S/c1-48-45(25-21-23-28(51)33(56)36(59)39(62)42(23)64-41(21)38(61)35(58)30(25)53)50-46(26-31(54)32(55)27(47)22-24-29(52)34(57)37(60)40(63)44(24)65-43(22)26)49-15-16-10-12-18(13-11-16)20-9-5-8-19(14-20)17-6-3-2-4-7-17/h2-14,51-63H,1,15H2. The van der Waals surface area contributed by atoms with Crippen molar-refractivity contribution in [3.63, 3.8) is 0 Å². The maximum atomic E-state index is 11.7. The van der Waals surface area contributed by atoms with E-state index >= 15 is 0 Å². The third-order valence-corrected chi connectivity index (χ3v) is 12.1. The zero-order valence-corrected chi connectivity index (χ0v) is 33.8. The van der Waals surface area contributed by atoms with Gasteiger partial charge >= 0.3 is 0 Å². The molecule has 17 nitrogen and oxygen atoms in total. The lowest BCUT2D eigenvalue weighted by Crippen LogP contribution is -2.11. The first-order chi connectivity index (χ1) is 31.0. The summed E-state index contributed by atoms with van der Waals surface area (Å²) in [4.78, 5) is 13.1.